The molecule has 1 aliphatic carbocycles. The Morgan fingerprint density at radius 1 is 1.33 bits per heavy atom. The van der Waals surface area contributed by atoms with Gasteiger partial charge in [0.25, 0.3) is 0 Å². The van der Waals surface area contributed by atoms with Crippen molar-refractivity contribution in [2.24, 2.45) is 5.92 Å². The van der Waals surface area contributed by atoms with Gasteiger partial charge in [0.15, 0.2) is 0 Å². The van der Waals surface area contributed by atoms with Crippen LogP contribution in [0.1, 0.15) is 11.1 Å². The number of hydrogen-bond acceptors (Lipinski definition) is 2. The van der Waals surface area contributed by atoms with Gasteiger partial charge in [-0.2, -0.15) is 0 Å². The third kappa shape index (κ3) is 2.18. The van der Waals surface area contributed by atoms with Crippen LogP contribution >= 0.6 is 0 Å². The minimum atomic E-state index is 0.00537. The summed E-state index contributed by atoms with van der Waals surface area (Å²) in [5, 5.41) is 11.3. The first-order valence-corrected chi connectivity index (χ1v) is 5.26. The molecular weight excluding hydrogens is 190 g/mol. The summed E-state index contributed by atoms with van der Waals surface area (Å²) in [6, 6.07) is 8.17. The first kappa shape index (κ1) is 10.2. The molecule has 0 radical (unpaired) electrons. The quantitative estimate of drug-likeness (QED) is 0.755. The van der Waals surface area contributed by atoms with Gasteiger partial charge in [0.2, 0.25) is 5.91 Å². The summed E-state index contributed by atoms with van der Waals surface area (Å²) in [7, 11) is 0. The van der Waals surface area contributed by atoms with Crippen LogP contribution in [-0.2, 0) is 17.6 Å². The van der Waals surface area contributed by atoms with Crippen molar-refractivity contribution in [3.8, 4) is 0 Å². The molecule has 0 bridgehead atoms. The number of carbonyl (C=O) groups excluding carboxylic acids is 1. The maximum atomic E-state index is 11.7. The van der Waals surface area contributed by atoms with Crippen molar-refractivity contribution >= 4 is 5.91 Å². The number of amides is 1. The molecule has 0 spiro atoms. The predicted octanol–water partition coefficient (Wildman–Crippen LogP) is 0.510. The standard InChI is InChI=1S/C12H15NO2/c14-6-5-13-12(15)11-7-9-3-1-2-4-10(9)8-11/h1-4,11,14H,5-8H2,(H,13,15). The highest BCUT2D eigenvalue weighted by atomic mass is 16.3. The zero-order chi connectivity index (χ0) is 10.7. The fourth-order valence-electron chi connectivity index (χ4n) is 2.07. The van der Waals surface area contributed by atoms with Crippen LogP contribution < -0.4 is 5.32 Å². The first-order valence-electron chi connectivity index (χ1n) is 5.26. The molecular formula is C12H15NO2. The summed E-state index contributed by atoms with van der Waals surface area (Å²) < 4.78 is 0. The van der Waals surface area contributed by atoms with E-state index in [0.29, 0.717) is 6.54 Å². The summed E-state index contributed by atoms with van der Waals surface area (Å²) in [6.07, 6.45) is 1.65. The first-order chi connectivity index (χ1) is 7.31. The second-order valence-corrected chi connectivity index (χ2v) is 3.89. The third-order valence-corrected chi connectivity index (χ3v) is 2.83. The van der Waals surface area contributed by atoms with Crippen LogP contribution in [0, 0.1) is 5.92 Å². The molecule has 1 aliphatic rings. The van der Waals surface area contributed by atoms with E-state index in [1.54, 1.807) is 0 Å². The Morgan fingerprint density at radius 3 is 2.47 bits per heavy atom. The molecule has 0 saturated carbocycles. The maximum absolute atomic E-state index is 11.7. The second-order valence-electron chi connectivity index (χ2n) is 3.89. The van der Waals surface area contributed by atoms with Crippen molar-refractivity contribution in [3.63, 3.8) is 0 Å². The number of carbonyl (C=O) groups is 1. The lowest BCUT2D eigenvalue weighted by atomic mass is 10.1. The Bertz CT molecular complexity index is 337. The minimum absolute atomic E-state index is 0.00537. The molecule has 0 atom stereocenters. The van der Waals surface area contributed by atoms with Gasteiger partial charge in [-0.05, 0) is 24.0 Å². The number of nitrogens with one attached hydrogen (secondary N) is 1. The summed E-state index contributed by atoms with van der Waals surface area (Å²) in [5.74, 6) is 0.106. The normalized spacial score (nSPS) is 15.0. The van der Waals surface area contributed by atoms with Crippen molar-refractivity contribution in [2.45, 2.75) is 12.8 Å². The molecule has 80 valence electrons. The van der Waals surface area contributed by atoms with E-state index >= 15 is 0 Å². The Balaban J connectivity index is 1.98. The van der Waals surface area contributed by atoms with Crippen molar-refractivity contribution in [3.05, 3.63) is 35.4 Å². The average molecular weight is 205 g/mol. The molecule has 15 heavy (non-hydrogen) atoms. The summed E-state index contributed by atoms with van der Waals surface area (Å²) in [6.45, 7) is 0.358. The van der Waals surface area contributed by atoms with Crippen LogP contribution in [0.5, 0.6) is 0 Å². The van der Waals surface area contributed by atoms with Crippen molar-refractivity contribution in [1.29, 1.82) is 0 Å². The molecule has 1 aromatic rings. The van der Waals surface area contributed by atoms with Gasteiger partial charge in [0, 0.05) is 12.5 Å². The van der Waals surface area contributed by atoms with Crippen molar-refractivity contribution in [1.82, 2.24) is 5.32 Å². The lowest BCUT2D eigenvalue weighted by Crippen LogP contribution is -2.33. The Morgan fingerprint density at radius 2 is 1.93 bits per heavy atom. The van der Waals surface area contributed by atoms with Gasteiger partial charge >= 0.3 is 0 Å². The van der Waals surface area contributed by atoms with E-state index in [1.165, 1.54) is 11.1 Å². The monoisotopic (exact) mass is 205 g/mol. The number of fused-ring (bicyclic) bond motifs is 1. The summed E-state index contributed by atoms with van der Waals surface area (Å²) >= 11 is 0. The molecule has 0 heterocycles. The molecule has 0 fully saturated rings. The molecule has 2 rings (SSSR count). The highest BCUT2D eigenvalue weighted by Crippen LogP contribution is 2.26. The minimum Gasteiger partial charge on any atom is -0.395 e. The van der Waals surface area contributed by atoms with E-state index in [4.69, 9.17) is 5.11 Å². The second kappa shape index (κ2) is 4.45. The number of aliphatic hydroxyl groups excluding tert-OH is 1. The van der Waals surface area contributed by atoms with Gasteiger partial charge in [-0.1, -0.05) is 24.3 Å². The topological polar surface area (TPSA) is 49.3 Å². The van der Waals surface area contributed by atoms with Crippen molar-refractivity contribution in [2.75, 3.05) is 13.2 Å². The van der Waals surface area contributed by atoms with Gasteiger partial charge in [0.1, 0.15) is 0 Å². The molecule has 2 N–H and O–H groups in total. The highest BCUT2D eigenvalue weighted by Gasteiger charge is 2.26. The van der Waals surface area contributed by atoms with E-state index in [1.807, 2.05) is 12.1 Å². The van der Waals surface area contributed by atoms with Crippen LogP contribution in [0.25, 0.3) is 0 Å². The van der Waals surface area contributed by atoms with Crippen LogP contribution in [-0.4, -0.2) is 24.2 Å². The fourth-order valence-corrected chi connectivity index (χ4v) is 2.07. The summed E-state index contributed by atoms with van der Waals surface area (Å²) in [5.41, 5.74) is 2.56. The van der Waals surface area contributed by atoms with Gasteiger partial charge in [-0.25, -0.2) is 0 Å². The molecule has 3 heteroatoms. The van der Waals surface area contributed by atoms with Crippen LogP contribution in [0.2, 0.25) is 0 Å². The fraction of sp³-hybridized carbons (Fsp3) is 0.417. The lowest BCUT2D eigenvalue weighted by Gasteiger charge is -2.08. The van der Waals surface area contributed by atoms with Gasteiger partial charge in [-0.15, -0.1) is 0 Å². The van der Waals surface area contributed by atoms with Crippen LogP contribution in [0.3, 0.4) is 0 Å². The Labute approximate surface area is 89.1 Å². The zero-order valence-electron chi connectivity index (χ0n) is 8.57. The van der Waals surface area contributed by atoms with Crippen LogP contribution in [0.15, 0.2) is 24.3 Å². The van der Waals surface area contributed by atoms with Gasteiger partial charge in [-0.3, -0.25) is 4.79 Å². The van der Waals surface area contributed by atoms with E-state index in [-0.39, 0.29) is 18.4 Å². The van der Waals surface area contributed by atoms with Gasteiger partial charge < -0.3 is 10.4 Å². The molecule has 0 unspecified atom stereocenters. The highest BCUT2D eigenvalue weighted by molar-refractivity contribution is 5.80. The molecule has 1 amide bonds. The maximum Gasteiger partial charge on any atom is 0.223 e. The van der Waals surface area contributed by atoms with E-state index < -0.39 is 0 Å². The van der Waals surface area contributed by atoms with Crippen LogP contribution in [0.4, 0.5) is 0 Å². The summed E-state index contributed by atoms with van der Waals surface area (Å²) in [4.78, 5) is 11.7. The predicted molar refractivity (Wildman–Crippen MR) is 57.4 cm³/mol. The number of aliphatic hydroxyl groups is 1. The van der Waals surface area contributed by atoms with E-state index in [2.05, 4.69) is 17.4 Å². The third-order valence-electron chi connectivity index (χ3n) is 2.83. The van der Waals surface area contributed by atoms with Gasteiger partial charge in [0.05, 0.1) is 6.61 Å². The van der Waals surface area contributed by atoms with Crippen molar-refractivity contribution < 1.29 is 9.90 Å². The SMILES string of the molecule is O=C(NCCO)C1Cc2ccccc2C1. The largest absolute Gasteiger partial charge is 0.395 e. The molecule has 0 aromatic heterocycles. The number of rotatable bonds is 3. The molecule has 3 nitrogen and oxygen atoms in total. The van der Waals surface area contributed by atoms with E-state index in [0.717, 1.165) is 12.8 Å². The zero-order valence-corrected chi connectivity index (χ0v) is 8.57. The Hall–Kier alpha value is -1.35. The van der Waals surface area contributed by atoms with E-state index in [9.17, 15) is 4.79 Å². The molecule has 1 aromatic carbocycles. The smallest absolute Gasteiger partial charge is 0.223 e. The number of benzene rings is 1. The molecule has 0 saturated heterocycles. The Kier molecular flexibility index (Phi) is 3.02. The lowest BCUT2D eigenvalue weighted by molar-refractivity contribution is -0.124. The molecule has 0 aliphatic heterocycles. The number of hydrogen-bond donors (Lipinski definition) is 2. The average Bonchev–Trinajstić information content (AvgIpc) is 2.69.